The third-order valence-corrected chi connectivity index (χ3v) is 3.68. The number of hydrogen-bond acceptors (Lipinski definition) is 2. The summed E-state index contributed by atoms with van der Waals surface area (Å²) in [6.45, 7) is 6.71. The lowest BCUT2D eigenvalue weighted by Crippen LogP contribution is -2.32. The Morgan fingerprint density at radius 3 is 2.57 bits per heavy atom. The number of halogens is 2. The van der Waals surface area contributed by atoms with Crippen LogP contribution in [0.4, 0.5) is 8.78 Å². The van der Waals surface area contributed by atoms with Crippen LogP contribution in [-0.2, 0) is 4.79 Å². The molecular weight excluding hydrogens is 274 g/mol. The predicted molar refractivity (Wildman–Crippen MR) is 77.5 cm³/mol. The fourth-order valence-corrected chi connectivity index (χ4v) is 2.76. The highest BCUT2D eigenvalue weighted by molar-refractivity contribution is 5.84. The van der Waals surface area contributed by atoms with Gasteiger partial charge in [-0.2, -0.15) is 0 Å². The first kappa shape index (κ1) is 15.9. The molecular formula is C16H22F2N2O. The largest absolute Gasteiger partial charge is 0.322 e. The Morgan fingerprint density at radius 1 is 1.29 bits per heavy atom. The van der Waals surface area contributed by atoms with Crippen LogP contribution in [0.2, 0.25) is 0 Å². The molecule has 21 heavy (non-hydrogen) atoms. The normalized spacial score (nSPS) is 22.4. The molecule has 1 aromatic carbocycles. The molecule has 0 saturated carbocycles. The third-order valence-electron chi connectivity index (χ3n) is 3.68. The van der Waals surface area contributed by atoms with Crippen molar-refractivity contribution in [3.05, 3.63) is 35.4 Å². The van der Waals surface area contributed by atoms with Crippen LogP contribution in [0, 0.1) is 17.6 Å². The standard InChI is InChI=1S/C16H22F2N2O/c1-4-7-20-15(11-5-6-12(17)13(18)9-11)19-14(16(20)21)8-10(2)3/h5-6,9-10,14-15,19H,4,7-8H2,1-3H3. The number of carbonyl (C=O) groups is 1. The molecule has 1 aromatic rings. The van der Waals surface area contributed by atoms with Gasteiger partial charge in [0.2, 0.25) is 5.91 Å². The molecule has 0 aliphatic carbocycles. The average molecular weight is 296 g/mol. The number of nitrogens with zero attached hydrogens (tertiary/aromatic N) is 1. The molecule has 1 fully saturated rings. The Kier molecular flexibility index (Phi) is 4.93. The predicted octanol–water partition coefficient (Wildman–Crippen LogP) is 3.22. The van der Waals surface area contributed by atoms with Crippen molar-refractivity contribution in [1.29, 1.82) is 0 Å². The zero-order valence-electron chi connectivity index (χ0n) is 12.7. The second-order valence-electron chi connectivity index (χ2n) is 5.96. The number of hydrogen-bond donors (Lipinski definition) is 1. The second kappa shape index (κ2) is 6.52. The monoisotopic (exact) mass is 296 g/mol. The molecule has 116 valence electrons. The van der Waals surface area contributed by atoms with Crippen molar-refractivity contribution in [2.45, 2.75) is 45.8 Å². The van der Waals surface area contributed by atoms with Gasteiger partial charge in [-0.25, -0.2) is 8.78 Å². The van der Waals surface area contributed by atoms with Gasteiger partial charge in [-0.05, 0) is 36.5 Å². The molecule has 1 aliphatic rings. The van der Waals surface area contributed by atoms with Crippen molar-refractivity contribution in [1.82, 2.24) is 10.2 Å². The van der Waals surface area contributed by atoms with Gasteiger partial charge < -0.3 is 4.90 Å². The number of amides is 1. The van der Waals surface area contributed by atoms with Crippen LogP contribution in [0.5, 0.6) is 0 Å². The van der Waals surface area contributed by atoms with E-state index in [2.05, 4.69) is 19.2 Å². The van der Waals surface area contributed by atoms with Crippen molar-refractivity contribution < 1.29 is 13.6 Å². The van der Waals surface area contributed by atoms with E-state index in [-0.39, 0.29) is 18.1 Å². The van der Waals surface area contributed by atoms with Gasteiger partial charge in [0.15, 0.2) is 11.6 Å². The van der Waals surface area contributed by atoms with Gasteiger partial charge in [0.05, 0.1) is 6.04 Å². The SMILES string of the molecule is CCCN1C(=O)C(CC(C)C)NC1c1ccc(F)c(F)c1. The van der Waals surface area contributed by atoms with Crippen LogP contribution < -0.4 is 5.32 Å². The summed E-state index contributed by atoms with van der Waals surface area (Å²) < 4.78 is 26.5. The summed E-state index contributed by atoms with van der Waals surface area (Å²) in [5.74, 6) is -1.33. The highest BCUT2D eigenvalue weighted by Gasteiger charge is 2.39. The van der Waals surface area contributed by atoms with Crippen molar-refractivity contribution in [3.8, 4) is 0 Å². The minimum atomic E-state index is -0.884. The molecule has 1 aliphatic heterocycles. The third kappa shape index (κ3) is 3.40. The van der Waals surface area contributed by atoms with Crippen LogP contribution in [0.1, 0.15) is 45.3 Å². The lowest BCUT2D eigenvalue weighted by Gasteiger charge is -2.24. The maximum atomic E-state index is 13.4. The number of carbonyl (C=O) groups excluding carboxylic acids is 1. The van der Waals surface area contributed by atoms with E-state index < -0.39 is 11.6 Å². The maximum absolute atomic E-state index is 13.4. The molecule has 0 bridgehead atoms. The minimum absolute atomic E-state index is 0.0419. The van der Waals surface area contributed by atoms with Gasteiger partial charge >= 0.3 is 0 Å². The summed E-state index contributed by atoms with van der Waals surface area (Å²) in [5.41, 5.74) is 0.585. The number of nitrogens with one attached hydrogen (secondary N) is 1. The molecule has 2 unspecified atom stereocenters. The van der Waals surface area contributed by atoms with Crippen LogP contribution in [0.25, 0.3) is 0 Å². The molecule has 0 spiro atoms. The molecule has 1 N–H and O–H groups in total. The first-order valence-corrected chi connectivity index (χ1v) is 7.45. The van der Waals surface area contributed by atoms with Gasteiger partial charge in [0.1, 0.15) is 6.17 Å². The average Bonchev–Trinajstić information content (AvgIpc) is 2.71. The Morgan fingerprint density at radius 2 is 2.00 bits per heavy atom. The Hall–Kier alpha value is -1.49. The van der Waals surface area contributed by atoms with Crippen LogP contribution in [-0.4, -0.2) is 23.4 Å². The van der Waals surface area contributed by atoms with E-state index in [9.17, 15) is 13.6 Å². The maximum Gasteiger partial charge on any atom is 0.241 e. The summed E-state index contributed by atoms with van der Waals surface area (Å²) in [6.07, 6.45) is 1.18. The van der Waals surface area contributed by atoms with E-state index in [1.807, 2.05) is 6.92 Å². The number of rotatable bonds is 5. The molecule has 5 heteroatoms. The molecule has 2 atom stereocenters. The zero-order valence-corrected chi connectivity index (χ0v) is 12.7. The summed E-state index contributed by atoms with van der Waals surface area (Å²) in [7, 11) is 0. The van der Waals surface area contributed by atoms with Crippen LogP contribution >= 0.6 is 0 Å². The van der Waals surface area contributed by atoms with Crippen molar-refractivity contribution >= 4 is 5.91 Å². The lowest BCUT2D eigenvalue weighted by atomic mass is 10.0. The van der Waals surface area contributed by atoms with Gasteiger partial charge in [0.25, 0.3) is 0 Å². The van der Waals surface area contributed by atoms with Crippen molar-refractivity contribution in [2.24, 2.45) is 5.92 Å². The first-order valence-electron chi connectivity index (χ1n) is 7.45. The molecule has 1 amide bonds. The second-order valence-corrected chi connectivity index (χ2v) is 5.96. The molecule has 3 nitrogen and oxygen atoms in total. The number of benzene rings is 1. The van der Waals surface area contributed by atoms with E-state index in [1.165, 1.54) is 12.1 Å². The highest BCUT2D eigenvalue weighted by Crippen LogP contribution is 2.28. The van der Waals surface area contributed by atoms with Gasteiger partial charge in [-0.3, -0.25) is 10.1 Å². The summed E-state index contributed by atoms with van der Waals surface area (Å²) >= 11 is 0. The summed E-state index contributed by atoms with van der Waals surface area (Å²) in [4.78, 5) is 14.2. The van der Waals surface area contributed by atoms with Gasteiger partial charge in [-0.15, -0.1) is 0 Å². The minimum Gasteiger partial charge on any atom is -0.322 e. The summed E-state index contributed by atoms with van der Waals surface area (Å²) in [5, 5.41) is 3.26. The Labute approximate surface area is 124 Å². The molecule has 2 rings (SSSR count). The van der Waals surface area contributed by atoms with Crippen LogP contribution in [0.3, 0.4) is 0 Å². The van der Waals surface area contributed by atoms with E-state index in [4.69, 9.17) is 0 Å². The van der Waals surface area contributed by atoms with Crippen molar-refractivity contribution in [2.75, 3.05) is 6.54 Å². The van der Waals surface area contributed by atoms with E-state index in [1.54, 1.807) is 4.90 Å². The zero-order chi connectivity index (χ0) is 15.6. The molecule has 1 heterocycles. The van der Waals surface area contributed by atoms with Crippen molar-refractivity contribution in [3.63, 3.8) is 0 Å². The van der Waals surface area contributed by atoms with Crippen LogP contribution in [0.15, 0.2) is 18.2 Å². The van der Waals surface area contributed by atoms with Gasteiger partial charge in [-0.1, -0.05) is 26.8 Å². The molecule has 0 radical (unpaired) electrons. The molecule has 0 aromatic heterocycles. The fraction of sp³-hybridized carbons (Fsp3) is 0.562. The Balaban J connectivity index is 2.27. The molecule has 1 saturated heterocycles. The fourth-order valence-electron chi connectivity index (χ4n) is 2.76. The van der Waals surface area contributed by atoms with Gasteiger partial charge in [0, 0.05) is 6.54 Å². The Bertz CT molecular complexity index is 519. The van der Waals surface area contributed by atoms with E-state index >= 15 is 0 Å². The first-order chi connectivity index (χ1) is 9.93. The van der Waals surface area contributed by atoms with E-state index in [0.717, 1.165) is 18.9 Å². The quantitative estimate of drug-likeness (QED) is 0.905. The topological polar surface area (TPSA) is 32.3 Å². The van der Waals surface area contributed by atoms with E-state index in [0.29, 0.717) is 18.0 Å². The smallest absolute Gasteiger partial charge is 0.241 e. The highest BCUT2D eigenvalue weighted by atomic mass is 19.2. The summed E-state index contributed by atoms with van der Waals surface area (Å²) in [6, 6.07) is 3.55. The lowest BCUT2D eigenvalue weighted by molar-refractivity contribution is -0.130.